The van der Waals surface area contributed by atoms with E-state index in [1.54, 1.807) is 32.2 Å². The van der Waals surface area contributed by atoms with Crippen LogP contribution in [0.3, 0.4) is 0 Å². The number of benzene rings is 1. The Bertz CT molecular complexity index is 874. The van der Waals surface area contributed by atoms with Gasteiger partial charge in [0.15, 0.2) is 17.1 Å². The number of ether oxygens (including phenoxy) is 3. The minimum Gasteiger partial charge on any atom is -0.493 e. The average Bonchev–Trinajstić information content (AvgIpc) is 3.07. The molecule has 0 atom stereocenters. The molecule has 0 spiro atoms. The summed E-state index contributed by atoms with van der Waals surface area (Å²) in [5.74, 6) is 2.00. The van der Waals surface area contributed by atoms with E-state index >= 15 is 0 Å². The van der Waals surface area contributed by atoms with Gasteiger partial charge in [-0.15, -0.1) is 10.2 Å². The molecule has 3 rings (SSSR count). The molecule has 1 aromatic carbocycles. The number of hydrogen-bond acceptors (Lipinski definition) is 6. The van der Waals surface area contributed by atoms with Crippen LogP contribution in [0.1, 0.15) is 25.5 Å². The molecule has 0 saturated carbocycles. The first-order chi connectivity index (χ1) is 11.6. The molecule has 0 fully saturated rings. The highest BCUT2D eigenvalue weighted by molar-refractivity contribution is 5.84. The Kier molecular flexibility index (Phi) is 4.24. The lowest BCUT2D eigenvalue weighted by atomic mass is 10.0. The molecule has 0 radical (unpaired) electrons. The monoisotopic (exact) mass is 328 g/mol. The molecule has 0 aliphatic heterocycles. The van der Waals surface area contributed by atoms with Gasteiger partial charge in [0.25, 0.3) is 0 Å². The summed E-state index contributed by atoms with van der Waals surface area (Å²) in [6, 6.07) is 5.78. The maximum atomic E-state index is 5.61. The van der Waals surface area contributed by atoms with Gasteiger partial charge in [-0.3, -0.25) is 0 Å². The third-order valence-electron chi connectivity index (χ3n) is 3.87. The first-order valence-electron chi connectivity index (χ1n) is 7.61. The van der Waals surface area contributed by atoms with Crippen molar-refractivity contribution in [3.8, 4) is 28.4 Å². The zero-order valence-electron chi connectivity index (χ0n) is 14.4. The highest BCUT2D eigenvalue weighted by Gasteiger charge is 2.21. The van der Waals surface area contributed by atoms with Crippen molar-refractivity contribution in [1.29, 1.82) is 0 Å². The normalized spacial score (nSPS) is 11.1. The van der Waals surface area contributed by atoms with Crippen LogP contribution in [0.25, 0.3) is 16.8 Å². The maximum Gasteiger partial charge on any atom is 0.203 e. The zero-order valence-corrected chi connectivity index (χ0v) is 14.4. The van der Waals surface area contributed by atoms with Crippen LogP contribution in [0.15, 0.2) is 24.5 Å². The van der Waals surface area contributed by atoms with Gasteiger partial charge in [0.1, 0.15) is 6.33 Å². The van der Waals surface area contributed by atoms with E-state index in [0.29, 0.717) is 22.9 Å². The van der Waals surface area contributed by atoms with Crippen LogP contribution >= 0.6 is 0 Å². The van der Waals surface area contributed by atoms with Crippen LogP contribution in [0.2, 0.25) is 0 Å². The van der Waals surface area contributed by atoms with Gasteiger partial charge in [-0.05, 0) is 24.1 Å². The summed E-state index contributed by atoms with van der Waals surface area (Å²) in [6.45, 7) is 4.18. The van der Waals surface area contributed by atoms with Crippen molar-refractivity contribution in [2.24, 2.45) is 0 Å². The molecule has 2 aromatic heterocycles. The molecule has 0 amide bonds. The van der Waals surface area contributed by atoms with Gasteiger partial charge < -0.3 is 14.2 Å². The zero-order chi connectivity index (χ0) is 17.3. The Morgan fingerprint density at radius 3 is 2.33 bits per heavy atom. The van der Waals surface area contributed by atoms with E-state index in [0.717, 1.165) is 16.8 Å². The fourth-order valence-corrected chi connectivity index (χ4v) is 2.64. The smallest absolute Gasteiger partial charge is 0.203 e. The van der Waals surface area contributed by atoms with Crippen molar-refractivity contribution >= 4 is 5.65 Å². The Hall–Kier alpha value is -2.83. The largest absolute Gasteiger partial charge is 0.493 e. The van der Waals surface area contributed by atoms with Crippen molar-refractivity contribution in [2.45, 2.75) is 19.8 Å². The minimum atomic E-state index is 0.265. The number of fused-ring (bicyclic) bond motifs is 1. The van der Waals surface area contributed by atoms with E-state index < -0.39 is 0 Å². The second-order valence-corrected chi connectivity index (χ2v) is 5.62. The molecule has 7 heteroatoms. The van der Waals surface area contributed by atoms with Crippen LogP contribution in [0.5, 0.6) is 17.2 Å². The van der Waals surface area contributed by atoms with E-state index in [9.17, 15) is 0 Å². The van der Waals surface area contributed by atoms with Gasteiger partial charge in [0.05, 0.1) is 27.0 Å². The number of rotatable bonds is 5. The summed E-state index contributed by atoms with van der Waals surface area (Å²) in [6.07, 6.45) is 1.60. The van der Waals surface area contributed by atoms with E-state index in [1.807, 2.05) is 18.2 Å². The van der Waals surface area contributed by atoms with Crippen molar-refractivity contribution in [1.82, 2.24) is 19.8 Å². The fraction of sp³-hybridized carbons (Fsp3) is 0.353. The highest BCUT2D eigenvalue weighted by atomic mass is 16.5. The summed E-state index contributed by atoms with van der Waals surface area (Å²) < 4.78 is 18.1. The molecular weight excluding hydrogens is 308 g/mol. The second-order valence-electron chi connectivity index (χ2n) is 5.62. The standard InChI is InChI=1S/C17H20N4O3/c1-10(2)13-8-12(17-19-18-9-21(17)20-13)11-6-7-14(22-3)16(24-5)15(11)23-4/h6-10H,1-5H3. The summed E-state index contributed by atoms with van der Waals surface area (Å²) in [5, 5.41) is 12.7. The van der Waals surface area contributed by atoms with Crippen molar-refractivity contribution < 1.29 is 14.2 Å². The van der Waals surface area contributed by atoms with Crippen molar-refractivity contribution in [3.63, 3.8) is 0 Å². The van der Waals surface area contributed by atoms with Crippen LogP contribution in [0.4, 0.5) is 0 Å². The lowest BCUT2D eigenvalue weighted by molar-refractivity contribution is 0.325. The summed E-state index contributed by atoms with van der Waals surface area (Å²) in [4.78, 5) is 0. The van der Waals surface area contributed by atoms with Gasteiger partial charge in [-0.2, -0.15) is 9.61 Å². The van der Waals surface area contributed by atoms with Crippen LogP contribution in [0, 0.1) is 0 Å². The molecule has 0 bridgehead atoms. The topological polar surface area (TPSA) is 70.8 Å². The molecule has 126 valence electrons. The lowest BCUT2D eigenvalue weighted by Crippen LogP contribution is -2.03. The predicted octanol–water partition coefficient (Wildman–Crippen LogP) is 2.94. The number of nitrogens with zero attached hydrogens (tertiary/aromatic N) is 4. The van der Waals surface area contributed by atoms with Gasteiger partial charge in [-0.1, -0.05) is 13.8 Å². The first-order valence-corrected chi connectivity index (χ1v) is 7.61. The molecule has 0 aliphatic rings. The van der Waals surface area contributed by atoms with Gasteiger partial charge in [0, 0.05) is 11.1 Å². The Balaban J connectivity index is 2.33. The molecule has 0 unspecified atom stereocenters. The molecule has 0 saturated heterocycles. The Labute approximate surface area is 140 Å². The number of methoxy groups -OCH3 is 3. The van der Waals surface area contributed by atoms with E-state index in [4.69, 9.17) is 14.2 Å². The van der Waals surface area contributed by atoms with E-state index in [-0.39, 0.29) is 5.92 Å². The molecule has 0 N–H and O–H groups in total. The molecule has 2 heterocycles. The minimum absolute atomic E-state index is 0.265. The molecule has 24 heavy (non-hydrogen) atoms. The highest BCUT2D eigenvalue weighted by Crippen LogP contribution is 2.45. The van der Waals surface area contributed by atoms with Gasteiger partial charge >= 0.3 is 0 Å². The lowest BCUT2D eigenvalue weighted by Gasteiger charge is -2.17. The first kappa shape index (κ1) is 16.0. The van der Waals surface area contributed by atoms with Gasteiger partial charge in [0.2, 0.25) is 5.75 Å². The quantitative estimate of drug-likeness (QED) is 0.717. The predicted molar refractivity (Wildman–Crippen MR) is 90.0 cm³/mol. The van der Waals surface area contributed by atoms with E-state index in [1.165, 1.54) is 0 Å². The third kappa shape index (κ3) is 2.51. The Morgan fingerprint density at radius 1 is 0.958 bits per heavy atom. The summed E-state index contributed by atoms with van der Waals surface area (Å²) in [7, 11) is 4.78. The molecular formula is C17H20N4O3. The molecule has 0 aliphatic carbocycles. The number of hydrogen-bond donors (Lipinski definition) is 0. The van der Waals surface area contributed by atoms with Crippen LogP contribution < -0.4 is 14.2 Å². The van der Waals surface area contributed by atoms with Crippen molar-refractivity contribution in [2.75, 3.05) is 21.3 Å². The van der Waals surface area contributed by atoms with Crippen LogP contribution in [-0.2, 0) is 0 Å². The maximum absolute atomic E-state index is 5.61. The van der Waals surface area contributed by atoms with E-state index in [2.05, 4.69) is 29.1 Å². The summed E-state index contributed by atoms with van der Waals surface area (Å²) >= 11 is 0. The summed E-state index contributed by atoms with van der Waals surface area (Å²) in [5.41, 5.74) is 3.32. The van der Waals surface area contributed by atoms with Gasteiger partial charge in [-0.25, -0.2) is 0 Å². The van der Waals surface area contributed by atoms with Crippen LogP contribution in [-0.4, -0.2) is 41.1 Å². The average molecular weight is 328 g/mol. The van der Waals surface area contributed by atoms with Crippen molar-refractivity contribution in [3.05, 3.63) is 30.2 Å². The third-order valence-corrected chi connectivity index (χ3v) is 3.87. The SMILES string of the molecule is COc1ccc(-c2cc(C(C)C)nn3cnnc23)c(OC)c1OC. The Morgan fingerprint density at radius 2 is 1.71 bits per heavy atom. The molecule has 7 nitrogen and oxygen atoms in total. The fourth-order valence-electron chi connectivity index (χ4n) is 2.64. The number of aromatic nitrogens is 4. The second kappa shape index (κ2) is 6.35. The molecule has 3 aromatic rings.